The van der Waals surface area contributed by atoms with Crippen molar-refractivity contribution in [3.63, 3.8) is 0 Å². The van der Waals surface area contributed by atoms with Gasteiger partial charge in [0.2, 0.25) is 0 Å². The number of thiophene rings is 1. The van der Waals surface area contributed by atoms with Crippen LogP contribution in [0.15, 0.2) is 54.6 Å². The molecule has 0 fully saturated rings. The van der Waals surface area contributed by atoms with Crippen molar-refractivity contribution in [2.24, 2.45) is 0 Å². The molecule has 0 radical (unpaired) electrons. The van der Waals surface area contributed by atoms with Gasteiger partial charge in [0.25, 0.3) is 0 Å². The highest BCUT2D eigenvalue weighted by Gasteiger charge is 2.03. The highest BCUT2D eigenvalue weighted by Crippen LogP contribution is 2.27. The molecule has 0 aliphatic heterocycles. The van der Waals surface area contributed by atoms with Gasteiger partial charge in [0.15, 0.2) is 0 Å². The Balaban J connectivity index is 1.79. The summed E-state index contributed by atoms with van der Waals surface area (Å²) in [6.45, 7) is 2.71. The van der Waals surface area contributed by atoms with Gasteiger partial charge in [0, 0.05) is 9.58 Å². The fourth-order valence-corrected chi connectivity index (χ4v) is 2.95. The van der Waals surface area contributed by atoms with Crippen molar-refractivity contribution in [2.45, 2.75) is 13.5 Å². The van der Waals surface area contributed by atoms with Crippen molar-refractivity contribution < 1.29 is 4.74 Å². The monoisotopic (exact) mass is 254 g/mol. The van der Waals surface area contributed by atoms with Crippen LogP contribution < -0.4 is 4.74 Å². The quantitative estimate of drug-likeness (QED) is 0.653. The maximum Gasteiger partial charge on any atom is 0.122 e. The number of fused-ring (bicyclic) bond motifs is 1. The van der Waals surface area contributed by atoms with E-state index >= 15 is 0 Å². The van der Waals surface area contributed by atoms with Gasteiger partial charge in [-0.25, -0.2) is 0 Å². The van der Waals surface area contributed by atoms with Gasteiger partial charge in [0.05, 0.1) is 0 Å². The average Bonchev–Trinajstić information content (AvgIpc) is 2.80. The number of ether oxygens (including phenoxy) is 1. The van der Waals surface area contributed by atoms with Gasteiger partial charge in [-0.3, -0.25) is 0 Å². The first-order chi connectivity index (χ1) is 8.83. The summed E-state index contributed by atoms with van der Waals surface area (Å²) in [7, 11) is 0. The standard InChI is InChI=1S/C16H14OS/c1-12-6-2-4-8-15(12)17-11-14-10-13-7-3-5-9-16(13)18-14/h2-10H,11H2,1H3. The van der Waals surface area contributed by atoms with E-state index in [4.69, 9.17) is 4.74 Å². The zero-order chi connectivity index (χ0) is 12.4. The van der Waals surface area contributed by atoms with E-state index in [9.17, 15) is 0 Å². The summed E-state index contributed by atoms with van der Waals surface area (Å²) in [5.41, 5.74) is 1.18. The number of rotatable bonds is 3. The average molecular weight is 254 g/mol. The molecule has 0 aliphatic carbocycles. The molecule has 90 valence electrons. The van der Waals surface area contributed by atoms with Crippen LogP contribution in [0.5, 0.6) is 5.75 Å². The Morgan fingerprint density at radius 1 is 1.00 bits per heavy atom. The number of benzene rings is 2. The van der Waals surface area contributed by atoms with Crippen LogP contribution in [0.1, 0.15) is 10.4 Å². The molecule has 0 amide bonds. The summed E-state index contributed by atoms with van der Waals surface area (Å²) in [6.07, 6.45) is 0. The molecule has 18 heavy (non-hydrogen) atoms. The van der Waals surface area contributed by atoms with Crippen LogP contribution in [0, 0.1) is 6.92 Å². The molecule has 0 N–H and O–H groups in total. The topological polar surface area (TPSA) is 9.23 Å². The van der Waals surface area contributed by atoms with Crippen LogP contribution in [0.4, 0.5) is 0 Å². The van der Waals surface area contributed by atoms with Crippen LogP contribution in [-0.4, -0.2) is 0 Å². The van der Waals surface area contributed by atoms with Crippen molar-refractivity contribution in [3.05, 3.63) is 65.0 Å². The summed E-state index contributed by atoms with van der Waals surface area (Å²) in [5, 5.41) is 1.30. The molecule has 0 aliphatic rings. The third-order valence-corrected chi connectivity index (χ3v) is 4.03. The van der Waals surface area contributed by atoms with Crippen molar-refractivity contribution in [3.8, 4) is 5.75 Å². The molecule has 1 heterocycles. The minimum atomic E-state index is 0.643. The van der Waals surface area contributed by atoms with E-state index in [1.807, 2.05) is 18.2 Å². The van der Waals surface area contributed by atoms with E-state index in [1.54, 1.807) is 11.3 Å². The molecule has 1 aromatic heterocycles. The van der Waals surface area contributed by atoms with Crippen molar-refractivity contribution in [2.75, 3.05) is 0 Å². The van der Waals surface area contributed by atoms with E-state index in [0.717, 1.165) is 5.75 Å². The third kappa shape index (κ3) is 2.24. The lowest BCUT2D eigenvalue weighted by molar-refractivity contribution is 0.308. The minimum absolute atomic E-state index is 0.643. The van der Waals surface area contributed by atoms with E-state index < -0.39 is 0 Å². The molecular formula is C16H14OS. The van der Waals surface area contributed by atoms with Crippen molar-refractivity contribution in [1.29, 1.82) is 0 Å². The third-order valence-electron chi connectivity index (χ3n) is 2.94. The molecule has 0 saturated carbocycles. The van der Waals surface area contributed by atoms with Crippen molar-refractivity contribution >= 4 is 21.4 Å². The highest BCUT2D eigenvalue weighted by molar-refractivity contribution is 7.19. The summed E-state index contributed by atoms with van der Waals surface area (Å²) >= 11 is 1.80. The Bertz CT molecular complexity index is 636. The number of para-hydroxylation sites is 1. The molecule has 2 heteroatoms. The highest BCUT2D eigenvalue weighted by atomic mass is 32.1. The maximum absolute atomic E-state index is 5.86. The molecule has 0 bridgehead atoms. The minimum Gasteiger partial charge on any atom is -0.488 e. The molecule has 0 saturated heterocycles. The summed E-state index contributed by atoms with van der Waals surface area (Å²) in [4.78, 5) is 1.26. The molecule has 0 unspecified atom stereocenters. The maximum atomic E-state index is 5.86. The van der Waals surface area contributed by atoms with E-state index in [2.05, 4.69) is 43.3 Å². The molecule has 0 atom stereocenters. The van der Waals surface area contributed by atoms with Gasteiger partial charge in [-0.1, -0.05) is 36.4 Å². The Morgan fingerprint density at radius 3 is 2.61 bits per heavy atom. The Hall–Kier alpha value is -1.80. The largest absolute Gasteiger partial charge is 0.488 e. The summed E-state index contributed by atoms with van der Waals surface area (Å²) < 4.78 is 7.18. The van der Waals surface area contributed by atoms with Crippen LogP contribution in [0.2, 0.25) is 0 Å². The lowest BCUT2D eigenvalue weighted by Crippen LogP contribution is -1.94. The van der Waals surface area contributed by atoms with Crippen LogP contribution in [-0.2, 0) is 6.61 Å². The zero-order valence-corrected chi connectivity index (χ0v) is 11.0. The molecule has 3 aromatic rings. The molecule has 2 aromatic carbocycles. The van der Waals surface area contributed by atoms with Gasteiger partial charge < -0.3 is 4.74 Å². The normalized spacial score (nSPS) is 10.7. The van der Waals surface area contributed by atoms with E-state index in [1.165, 1.54) is 20.5 Å². The summed E-state index contributed by atoms with van der Waals surface area (Å²) in [5.74, 6) is 0.968. The SMILES string of the molecule is Cc1ccccc1OCc1cc2ccccc2s1. The first-order valence-electron chi connectivity index (χ1n) is 5.99. The molecular weight excluding hydrogens is 240 g/mol. The van der Waals surface area contributed by atoms with Crippen LogP contribution in [0.25, 0.3) is 10.1 Å². The number of hydrogen-bond donors (Lipinski definition) is 0. The Kier molecular flexibility index (Phi) is 3.03. The predicted octanol–water partition coefficient (Wildman–Crippen LogP) is 4.79. The van der Waals surface area contributed by atoms with Gasteiger partial charge >= 0.3 is 0 Å². The second-order valence-corrected chi connectivity index (χ2v) is 5.47. The molecule has 1 nitrogen and oxygen atoms in total. The zero-order valence-electron chi connectivity index (χ0n) is 10.2. The first-order valence-corrected chi connectivity index (χ1v) is 6.80. The fraction of sp³-hybridized carbons (Fsp3) is 0.125. The smallest absolute Gasteiger partial charge is 0.122 e. The van der Waals surface area contributed by atoms with Gasteiger partial charge in [-0.2, -0.15) is 0 Å². The Labute approximate surface area is 111 Å². The predicted molar refractivity (Wildman–Crippen MR) is 77.3 cm³/mol. The van der Waals surface area contributed by atoms with Gasteiger partial charge in [0.1, 0.15) is 12.4 Å². The molecule has 3 rings (SSSR count). The van der Waals surface area contributed by atoms with E-state index in [-0.39, 0.29) is 0 Å². The van der Waals surface area contributed by atoms with Crippen LogP contribution >= 0.6 is 11.3 Å². The summed E-state index contributed by atoms with van der Waals surface area (Å²) in [6, 6.07) is 18.8. The van der Waals surface area contributed by atoms with E-state index in [0.29, 0.717) is 6.61 Å². The van der Waals surface area contributed by atoms with Gasteiger partial charge in [-0.05, 0) is 36.1 Å². The van der Waals surface area contributed by atoms with Gasteiger partial charge in [-0.15, -0.1) is 11.3 Å². The number of aryl methyl sites for hydroxylation is 1. The fourth-order valence-electron chi connectivity index (χ4n) is 1.98. The van der Waals surface area contributed by atoms with Crippen LogP contribution in [0.3, 0.4) is 0 Å². The lowest BCUT2D eigenvalue weighted by Gasteiger charge is -2.06. The van der Waals surface area contributed by atoms with Crippen molar-refractivity contribution in [1.82, 2.24) is 0 Å². The lowest BCUT2D eigenvalue weighted by atomic mass is 10.2. The first kappa shape index (κ1) is 11.3. The second-order valence-electron chi connectivity index (χ2n) is 4.30. The Morgan fingerprint density at radius 2 is 1.78 bits per heavy atom. The second kappa shape index (κ2) is 4.83. The number of hydrogen-bond acceptors (Lipinski definition) is 2. The molecule has 0 spiro atoms.